The smallest absolute Gasteiger partial charge is 0.371 e. The van der Waals surface area contributed by atoms with Gasteiger partial charge in [0.2, 0.25) is 5.76 Å². The normalized spacial score (nSPS) is 18.6. The van der Waals surface area contributed by atoms with Crippen LogP contribution in [0.2, 0.25) is 0 Å². The standard InChI is InChI=1S/C19H23N3O4/c23-18-14-11-22(10-13-6-7-16(26-13)19(24)25)9-8-15(14)20-17(21-18)12-4-2-1-3-5-12/h6-7,12H,1-5,8-11H2,(H,24,25)(H,20,21,23). The molecule has 3 heterocycles. The Bertz CT molecular complexity index is 864. The third kappa shape index (κ3) is 3.44. The van der Waals surface area contributed by atoms with Gasteiger partial charge in [-0.3, -0.25) is 9.69 Å². The molecule has 0 atom stereocenters. The molecule has 4 rings (SSSR count). The van der Waals surface area contributed by atoms with Gasteiger partial charge in [-0.25, -0.2) is 9.78 Å². The van der Waals surface area contributed by atoms with Gasteiger partial charge in [-0.1, -0.05) is 19.3 Å². The fraction of sp³-hybridized carbons (Fsp3) is 0.526. The lowest BCUT2D eigenvalue weighted by atomic mass is 9.88. The van der Waals surface area contributed by atoms with Crippen LogP contribution in [0.3, 0.4) is 0 Å². The van der Waals surface area contributed by atoms with E-state index in [-0.39, 0.29) is 11.3 Å². The van der Waals surface area contributed by atoms with E-state index in [0.29, 0.717) is 24.8 Å². The predicted molar refractivity (Wildman–Crippen MR) is 94.2 cm³/mol. The Hall–Kier alpha value is -2.41. The van der Waals surface area contributed by atoms with Crippen LogP contribution in [0, 0.1) is 0 Å². The van der Waals surface area contributed by atoms with Crippen molar-refractivity contribution in [2.45, 2.75) is 57.5 Å². The van der Waals surface area contributed by atoms with Crippen molar-refractivity contribution in [3.05, 3.63) is 51.1 Å². The van der Waals surface area contributed by atoms with E-state index in [9.17, 15) is 9.59 Å². The van der Waals surface area contributed by atoms with E-state index in [1.54, 1.807) is 6.07 Å². The third-order valence-corrected chi connectivity index (χ3v) is 5.41. The average molecular weight is 357 g/mol. The predicted octanol–water partition coefficient (Wildman–Crippen LogP) is 2.67. The number of rotatable bonds is 4. The van der Waals surface area contributed by atoms with E-state index in [0.717, 1.165) is 42.9 Å². The molecule has 1 aliphatic heterocycles. The van der Waals surface area contributed by atoms with Crippen molar-refractivity contribution in [2.75, 3.05) is 6.54 Å². The van der Waals surface area contributed by atoms with Gasteiger partial charge in [-0.2, -0.15) is 0 Å². The summed E-state index contributed by atoms with van der Waals surface area (Å²) in [6.07, 6.45) is 6.64. The van der Waals surface area contributed by atoms with Gasteiger partial charge in [0.15, 0.2) is 0 Å². The first kappa shape index (κ1) is 17.0. The number of fused-ring (bicyclic) bond motifs is 1. The number of carboxylic acids is 1. The highest BCUT2D eigenvalue weighted by Crippen LogP contribution is 2.30. The lowest BCUT2D eigenvalue weighted by Gasteiger charge is -2.28. The van der Waals surface area contributed by atoms with Crippen molar-refractivity contribution in [2.24, 2.45) is 0 Å². The number of carbonyl (C=O) groups is 1. The maximum atomic E-state index is 12.6. The van der Waals surface area contributed by atoms with Crippen molar-refractivity contribution >= 4 is 5.97 Å². The van der Waals surface area contributed by atoms with Gasteiger partial charge in [0.05, 0.1) is 17.8 Å². The average Bonchev–Trinajstić information content (AvgIpc) is 3.12. The van der Waals surface area contributed by atoms with E-state index in [2.05, 4.69) is 9.88 Å². The highest BCUT2D eigenvalue weighted by atomic mass is 16.4. The summed E-state index contributed by atoms with van der Waals surface area (Å²) in [6, 6.07) is 3.13. The summed E-state index contributed by atoms with van der Waals surface area (Å²) in [6.45, 7) is 1.76. The quantitative estimate of drug-likeness (QED) is 0.873. The van der Waals surface area contributed by atoms with Crippen molar-refractivity contribution in [1.29, 1.82) is 0 Å². The Morgan fingerprint density at radius 1 is 1.31 bits per heavy atom. The number of nitrogens with one attached hydrogen (secondary N) is 1. The van der Waals surface area contributed by atoms with Crippen LogP contribution in [-0.4, -0.2) is 32.5 Å². The molecule has 26 heavy (non-hydrogen) atoms. The molecular weight excluding hydrogens is 334 g/mol. The van der Waals surface area contributed by atoms with Crippen molar-refractivity contribution in [3.63, 3.8) is 0 Å². The fourth-order valence-electron chi connectivity index (χ4n) is 4.00. The Morgan fingerprint density at radius 2 is 2.12 bits per heavy atom. The zero-order chi connectivity index (χ0) is 18.1. The van der Waals surface area contributed by atoms with E-state index in [4.69, 9.17) is 14.5 Å². The van der Waals surface area contributed by atoms with E-state index in [1.807, 2.05) is 0 Å². The molecule has 7 heteroatoms. The summed E-state index contributed by atoms with van der Waals surface area (Å²) in [7, 11) is 0. The third-order valence-electron chi connectivity index (χ3n) is 5.41. The Balaban J connectivity index is 1.49. The van der Waals surface area contributed by atoms with Gasteiger partial charge < -0.3 is 14.5 Å². The first-order valence-corrected chi connectivity index (χ1v) is 9.26. The van der Waals surface area contributed by atoms with E-state index in [1.165, 1.54) is 25.3 Å². The number of hydrogen-bond acceptors (Lipinski definition) is 5. The van der Waals surface area contributed by atoms with Crippen molar-refractivity contribution < 1.29 is 14.3 Å². The number of aromatic nitrogens is 2. The van der Waals surface area contributed by atoms with Crippen LogP contribution >= 0.6 is 0 Å². The Kier molecular flexibility index (Phi) is 4.63. The maximum Gasteiger partial charge on any atom is 0.371 e. The number of aromatic amines is 1. The van der Waals surface area contributed by atoms with Crippen LogP contribution in [-0.2, 0) is 19.5 Å². The van der Waals surface area contributed by atoms with Gasteiger partial charge in [0.25, 0.3) is 5.56 Å². The zero-order valence-electron chi connectivity index (χ0n) is 14.7. The molecule has 0 aromatic carbocycles. The zero-order valence-corrected chi connectivity index (χ0v) is 14.7. The van der Waals surface area contributed by atoms with Crippen LogP contribution in [0.1, 0.15) is 71.4 Å². The molecule has 0 bridgehead atoms. The second kappa shape index (κ2) is 7.07. The summed E-state index contributed by atoms with van der Waals surface area (Å²) in [5, 5.41) is 8.94. The highest BCUT2D eigenvalue weighted by Gasteiger charge is 2.25. The lowest BCUT2D eigenvalue weighted by Crippen LogP contribution is -2.36. The number of carboxylic acid groups (broad SMARTS) is 1. The minimum atomic E-state index is -1.07. The second-order valence-electron chi connectivity index (χ2n) is 7.24. The molecule has 0 amide bonds. The summed E-state index contributed by atoms with van der Waals surface area (Å²) < 4.78 is 5.32. The molecule has 2 aliphatic rings. The number of hydrogen-bond donors (Lipinski definition) is 2. The SMILES string of the molecule is O=C(O)c1ccc(CN2CCc3nc(C4CCCCC4)[nH]c(=O)c3C2)o1. The molecular formula is C19H23N3O4. The molecule has 0 radical (unpaired) electrons. The van der Waals surface area contributed by atoms with Crippen LogP contribution in [0.5, 0.6) is 0 Å². The van der Waals surface area contributed by atoms with E-state index >= 15 is 0 Å². The molecule has 1 fully saturated rings. The molecule has 0 saturated heterocycles. The summed E-state index contributed by atoms with van der Waals surface area (Å²) >= 11 is 0. The van der Waals surface area contributed by atoms with E-state index < -0.39 is 5.97 Å². The molecule has 2 aromatic heterocycles. The van der Waals surface area contributed by atoms with Gasteiger partial charge in [0.1, 0.15) is 11.6 Å². The number of H-pyrrole nitrogens is 1. The first-order chi connectivity index (χ1) is 12.6. The Morgan fingerprint density at radius 3 is 2.85 bits per heavy atom. The molecule has 2 aromatic rings. The summed E-state index contributed by atoms with van der Waals surface area (Å²) in [5.41, 5.74) is 1.60. The van der Waals surface area contributed by atoms with Crippen molar-refractivity contribution in [3.8, 4) is 0 Å². The van der Waals surface area contributed by atoms with Gasteiger partial charge >= 0.3 is 5.97 Å². The number of furan rings is 1. The molecule has 7 nitrogen and oxygen atoms in total. The molecule has 0 spiro atoms. The molecule has 138 valence electrons. The van der Waals surface area contributed by atoms with Crippen LogP contribution in [0.15, 0.2) is 21.3 Å². The van der Waals surface area contributed by atoms with Crippen LogP contribution in [0.25, 0.3) is 0 Å². The molecule has 1 aliphatic carbocycles. The molecule has 2 N–H and O–H groups in total. The van der Waals surface area contributed by atoms with Gasteiger partial charge in [0, 0.05) is 25.4 Å². The Labute approximate surface area is 151 Å². The second-order valence-corrected chi connectivity index (χ2v) is 7.24. The molecule has 0 unspecified atom stereocenters. The minimum absolute atomic E-state index is 0.0362. The lowest BCUT2D eigenvalue weighted by molar-refractivity contribution is 0.0658. The number of nitrogens with zero attached hydrogens (tertiary/aromatic N) is 2. The highest BCUT2D eigenvalue weighted by molar-refractivity contribution is 5.84. The monoisotopic (exact) mass is 357 g/mol. The molecule has 1 saturated carbocycles. The van der Waals surface area contributed by atoms with Crippen LogP contribution < -0.4 is 5.56 Å². The summed E-state index contributed by atoms with van der Waals surface area (Å²) in [5.74, 6) is 0.704. The summed E-state index contributed by atoms with van der Waals surface area (Å²) in [4.78, 5) is 33.4. The first-order valence-electron chi connectivity index (χ1n) is 9.26. The number of aromatic carboxylic acids is 1. The topological polar surface area (TPSA) is 99.4 Å². The maximum absolute atomic E-state index is 12.6. The largest absolute Gasteiger partial charge is 0.475 e. The van der Waals surface area contributed by atoms with Gasteiger partial charge in [-0.05, 0) is 25.0 Å². The van der Waals surface area contributed by atoms with Crippen LogP contribution in [0.4, 0.5) is 0 Å². The van der Waals surface area contributed by atoms with Gasteiger partial charge in [-0.15, -0.1) is 0 Å². The van der Waals surface area contributed by atoms with Crippen molar-refractivity contribution in [1.82, 2.24) is 14.9 Å². The minimum Gasteiger partial charge on any atom is -0.475 e. The fourth-order valence-corrected chi connectivity index (χ4v) is 4.00.